The number of aromatic nitrogens is 5. The van der Waals surface area contributed by atoms with E-state index in [9.17, 15) is 4.79 Å². The average Bonchev–Trinajstić information content (AvgIpc) is 3.11. The van der Waals surface area contributed by atoms with E-state index in [0.717, 1.165) is 10.6 Å². The molecule has 3 heterocycles. The quantitative estimate of drug-likeness (QED) is 0.763. The third-order valence-electron chi connectivity index (χ3n) is 2.47. The Hall–Kier alpha value is -2.61. The minimum atomic E-state index is -0.621. The minimum absolute atomic E-state index is 0.137. The van der Waals surface area contributed by atoms with Gasteiger partial charge in [0, 0.05) is 23.3 Å². The van der Waals surface area contributed by atoms with Gasteiger partial charge in [0.1, 0.15) is 10.7 Å². The SMILES string of the molecule is NC(=O)c1nccc(-c2nccs2)c1-n1ccnn1. The fourth-order valence-corrected chi connectivity index (χ4v) is 2.39. The highest BCUT2D eigenvalue weighted by Crippen LogP contribution is 2.29. The lowest BCUT2D eigenvalue weighted by atomic mass is 10.1. The second kappa shape index (κ2) is 4.58. The largest absolute Gasteiger partial charge is 0.364 e. The van der Waals surface area contributed by atoms with Crippen LogP contribution in [0, 0.1) is 0 Å². The Kier molecular flexibility index (Phi) is 2.76. The molecule has 0 saturated heterocycles. The molecule has 8 heteroatoms. The van der Waals surface area contributed by atoms with Gasteiger partial charge in [-0.2, -0.15) is 0 Å². The first-order chi connectivity index (χ1) is 9.27. The first-order valence-corrected chi connectivity index (χ1v) is 6.20. The molecule has 3 aromatic rings. The van der Waals surface area contributed by atoms with Crippen LogP contribution in [-0.2, 0) is 0 Å². The molecule has 0 radical (unpaired) electrons. The number of hydrogen-bond acceptors (Lipinski definition) is 6. The highest BCUT2D eigenvalue weighted by atomic mass is 32.1. The standard InChI is InChI=1S/C11H8N6OS/c12-10(18)8-9(17-5-3-15-16-17)7(1-2-13-8)11-14-4-6-19-11/h1-6H,(H2,12,18). The van der Waals surface area contributed by atoms with Gasteiger partial charge in [0.25, 0.3) is 5.91 Å². The third-order valence-corrected chi connectivity index (χ3v) is 3.28. The molecule has 19 heavy (non-hydrogen) atoms. The maximum atomic E-state index is 11.5. The predicted molar refractivity (Wildman–Crippen MR) is 68.8 cm³/mol. The molecule has 2 N–H and O–H groups in total. The van der Waals surface area contributed by atoms with Crippen LogP contribution in [0.5, 0.6) is 0 Å². The van der Waals surface area contributed by atoms with Gasteiger partial charge in [-0.05, 0) is 6.07 Å². The predicted octanol–water partition coefficient (Wildman–Crippen LogP) is 0.885. The van der Waals surface area contributed by atoms with Gasteiger partial charge in [0.15, 0.2) is 5.69 Å². The third kappa shape index (κ3) is 1.97. The number of hydrogen-bond donors (Lipinski definition) is 1. The molecule has 0 aliphatic carbocycles. The second-order valence-corrected chi connectivity index (χ2v) is 4.50. The lowest BCUT2D eigenvalue weighted by Gasteiger charge is -2.09. The highest BCUT2D eigenvalue weighted by molar-refractivity contribution is 7.13. The molecule has 0 aliphatic rings. The van der Waals surface area contributed by atoms with Gasteiger partial charge in [-0.3, -0.25) is 4.79 Å². The van der Waals surface area contributed by atoms with Crippen LogP contribution in [0.4, 0.5) is 0 Å². The topological polar surface area (TPSA) is 99.6 Å². The van der Waals surface area contributed by atoms with Crippen molar-refractivity contribution in [1.29, 1.82) is 0 Å². The van der Waals surface area contributed by atoms with Gasteiger partial charge in [-0.15, -0.1) is 16.4 Å². The average molecular weight is 272 g/mol. The monoisotopic (exact) mass is 272 g/mol. The van der Waals surface area contributed by atoms with Crippen molar-refractivity contribution in [1.82, 2.24) is 25.0 Å². The zero-order valence-electron chi connectivity index (χ0n) is 9.59. The van der Waals surface area contributed by atoms with Crippen LogP contribution in [0.1, 0.15) is 10.5 Å². The summed E-state index contributed by atoms with van der Waals surface area (Å²) in [4.78, 5) is 19.8. The van der Waals surface area contributed by atoms with Gasteiger partial charge in [-0.1, -0.05) is 5.21 Å². The lowest BCUT2D eigenvalue weighted by molar-refractivity contribution is 0.0995. The van der Waals surface area contributed by atoms with Crippen molar-refractivity contribution in [2.45, 2.75) is 0 Å². The van der Waals surface area contributed by atoms with E-state index in [1.54, 1.807) is 18.5 Å². The van der Waals surface area contributed by atoms with Crippen molar-refractivity contribution in [2.75, 3.05) is 0 Å². The molecule has 0 fully saturated rings. The summed E-state index contributed by atoms with van der Waals surface area (Å²) in [6.07, 6.45) is 6.36. The molecule has 3 rings (SSSR count). The number of thiazole rings is 1. The van der Waals surface area contributed by atoms with Crippen LogP contribution in [0.25, 0.3) is 16.3 Å². The number of rotatable bonds is 3. The summed E-state index contributed by atoms with van der Waals surface area (Å²) in [5, 5.41) is 10.2. The van der Waals surface area contributed by atoms with E-state index >= 15 is 0 Å². The molecule has 0 aliphatic heterocycles. The summed E-state index contributed by atoms with van der Waals surface area (Å²) >= 11 is 1.46. The van der Waals surface area contributed by atoms with Crippen LogP contribution in [-0.4, -0.2) is 30.9 Å². The van der Waals surface area contributed by atoms with E-state index < -0.39 is 5.91 Å². The molecule has 0 saturated carbocycles. The smallest absolute Gasteiger partial charge is 0.269 e. The second-order valence-electron chi connectivity index (χ2n) is 3.60. The molecule has 0 atom stereocenters. The molecule has 94 valence electrons. The van der Waals surface area contributed by atoms with Crippen LogP contribution in [0.15, 0.2) is 36.2 Å². The molecule has 3 aromatic heterocycles. The summed E-state index contributed by atoms with van der Waals surface area (Å²) < 4.78 is 1.46. The number of pyridine rings is 1. The Labute approximate surface area is 111 Å². The Bertz CT molecular complexity index is 707. The van der Waals surface area contributed by atoms with Crippen molar-refractivity contribution < 1.29 is 4.79 Å². The fourth-order valence-electron chi connectivity index (χ4n) is 1.72. The lowest BCUT2D eigenvalue weighted by Crippen LogP contribution is -2.17. The number of primary amides is 1. The normalized spacial score (nSPS) is 10.5. The van der Waals surface area contributed by atoms with Crippen LogP contribution < -0.4 is 5.73 Å². The van der Waals surface area contributed by atoms with E-state index in [1.807, 2.05) is 5.38 Å². The zero-order valence-corrected chi connectivity index (χ0v) is 10.4. The van der Waals surface area contributed by atoms with E-state index in [1.165, 1.54) is 28.4 Å². The maximum absolute atomic E-state index is 11.5. The maximum Gasteiger partial charge on any atom is 0.269 e. The summed E-state index contributed by atoms with van der Waals surface area (Å²) in [6, 6.07) is 1.77. The summed E-state index contributed by atoms with van der Waals surface area (Å²) in [5.74, 6) is -0.621. The number of carbonyl (C=O) groups is 1. The van der Waals surface area contributed by atoms with Crippen molar-refractivity contribution in [3.8, 4) is 16.3 Å². The van der Waals surface area contributed by atoms with E-state index in [4.69, 9.17) is 5.73 Å². The van der Waals surface area contributed by atoms with E-state index in [0.29, 0.717) is 5.69 Å². The number of nitrogens with zero attached hydrogens (tertiary/aromatic N) is 5. The van der Waals surface area contributed by atoms with Crippen LogP contribution >= 0.6 is 11.3 Å². The summed E-state index contributed by atoms with van der Waals surface area (Å²) in [5.41, 5.74) is 6.73. The van der Waals surface area contributed by atoms with Crippen molar-refractivity contribution in [2.24, 2.45) is 5.73 Å². The zero-order chi connectivity index (χ0) is 13.2. The van der Waals surface area contributed by atoms with E-state index in [-0.39, 0.29) is 5.69 Å². The van der Waals surface area contributed by atoms with Crippen molar-refractivity contribution >= 4 is 17.2 Å². The van der Waals surface area contributed by atoms with Crippen molar-refractivity contribution in [3.63, 3.8) is 0 Å². The number of carbonyl (C=O) groups excluding carboxylic acids is 1. The fraction of sp³-hybridized carbons (Fsp3) is 0. The van der Waals surface area contributed by atoms with Crippen LogP contribution in [0.3, 0.4) is 0 Å². The van der Waals surface area contributed by atoms with Gasteiger partial charge in [-0.25, -0.2) is 14.6 Å². The molecule has 1 amide bonds. The van der Waals surface area contributed by atoms with Crippen LogP contribution in [0.2, 0.25) is 0 Å². The molecule has 0 spiro atoms. The Balaban J connectivity index is 2.31. The number of nitrogens with two attached hydrogens (primary N) is 1. The molecular formula is C11H8N6OS. The first kappa shape index (κ1) is 11.5. The summed E-state index contributed by atoms with van der Waals surface area (Å²) in [7, 11) is 0. The summed E-state index contributed by atoms with van der Waals surface area (Å²) in [6.45, 7) is 0. The molecular weight excluding hydrogens is 264 g/mol. The van der Waals surface area contributed by atoms with Gasteiger partial charge >= 0.3 is 0 Å². The highest BCUT2D eigenvalue weighted by Gasteiger charge is 2.19. The first-order valence-electron chi connectivity index (χ1n) is 5.32. The number of amides is 1. The van der Waals surface area contributed by atoms with Gasteiger partial charge in [0.2, 0.25) is 0 Å². The molecule has 7 nitrogen and oxygen atoms in total. The van der Waals surface area contributed by atoms with Gasteiger partial charge < -0.3 is 5.73 Å². The molecule has 0 bridgehead atoms. The van der Waals surface area contributed by atoms with Gasteiger partial charge in [0.05, 0.1) is 12.4 Å². The van der Waals surface area contributed by atoms with E-state index in [2.05, 4.69) is 20.3 Å². The van der Waals surface area contributed by atoms with Crippen molar-refractivity contribution in [3.05, 3.63) is 41.9 Å². The molecule has 0 unspecified atom stereocenters. The Morgan fingerprint density at radius 3 is 2.79 bits per heavy atom. The minimum Gasteiger partial charge on any atom is -0.364 e. The molecule has 0 aromatic carbocycles. The Morgan fingerprint density at radius 1 is 1.26 bits per heavy atom. The Morgan fingerprint density at radius 2 is 2.16 bits per heavy atom.